The Kier molecular flexibility index (Phi) is 2.89. The van der Waals surface area contributed by atoms with Crippen LogP contribution in [0, 0.1) is 5.41 Å². The number of amides is 1. The molecule has 1 saturated heterocycles. The largest absolute Gasteiger partial charge is 0.337 e. The average molecular weight is 262 g/mol. The summed E-state index contributed by atoms with van der Waals surface area (Å²) in [6.45, 7) is 5.68. The number of hydrogen-bond acceptors (Lipinski definition) is 3. The number of carbonyl (C=O) groups excluding carboxylic acids is 1. The van der Waals surface area contributed by atoms with Crippen LogP contribution in [0.2, 0.25) is 0 Å². The second-order valence-corrected chi connectivity index (χ2v) is 6.59. The summed E-state index contributed by atoms with van der Waals surface area (Å²) in [7, 11) is 0. The van der Waals surface area contributed by atoms with E-state index in [4.69, 9.17) is 5.73 Å². The van der Waals surface area contributed by atoms with Gasteiger partial charge in [-0.1, -0.05) is 13.8 Å². The molecule has 1 atom stereocenters. The Morgan fingerprint density at radius 3 is 2.84 bits per heavy atom. The number of carbonyl (C=O) groups is 1. The molecule has 1 aliphatic carbocycles. The first kappa shape index (κ1) is 12.7. The van der Waals surface area contributed by atoms with Gasteiger partial charge in [-0.2, -0.15) is 5.10 Å². The van der Waals surface area contributed by atoms with E-state index in [1.54, 1.807) is 0 Å². The quantitative estimate of drug-likeness (QED) is 0.848. The molecule has 1 saturated carbocycles. The van der Waals surface area contributed by atoms with Crippen LogP contribution in [0.5, 0.6) is 0 Å². The number of rotatable bonds is 2. The van der Waals surface area contributed by atoms with Crippen molar-refractivity contribution < 1.29 is 4.79 Å². The summed E-state index contributed by atoms with van der Waals surface area (Å²) < 4.78 is 0. The van der Waals surface area contributed by atoms with Crippen molar-refractivity contribution in [3.05, 3.63) is 17.5 Å². The van der Waals surface area contributed by atoms with Gasteiger partial charge < -0.3 is 10.6 Å². The minimum atomic E-state index is -0.0243. The molecule has 2 heterocycles. The number of aromatic amines is 1. The van der Waals surface area contributed by atoms with Crippen molar-refractivity contribution in [3.8, 4) is 0 Å². The van der Waals surface area contributed by atoms with Gasteiger partial charge in [-0.3, -0.25) is 9.89 Å². The summed E-state index contributed by atoms with van der Waals surface area (Å²) in [6, 6.07) is 2.08. The van der Waals surface area contributed by atoms with Crippen LogP contribution in [0.4, 0.5) is 0 Å². The molecule has 3 N–H and O–H groups in total. The van der Waals surface area contributed by atoms with Crippen LogP contribution in [0.3, 0.4) is 0 Å². The monoisotopic (exact) mass is 262 g/mol. The maximum atomic E-state index is 12.5. The van der Waals surface area contributed by atoms with Gasteiger partial charge in [-0.25, -0.2) is 0 Å². The molecular weight excluding hydrogens is 240 g/mol. The molecular formula is C14H22N4O. The van der Waals surface area contributed by atoms with Crippen molar-refractivity contribution in [2.24, 2.45) is 11.1 Å². The molecule has 3 rings (SSSR count). The van der Waals surface area contributed by atoms with E-state index in [1.165, 1.54) is 12.8 Å². The van der Waals surface area contributed by atoms with E-state index in [-0.39, 0.29) is 17.4 Å². The first-order valence-corrected chi connectivity index (χ1v) is 7.07. The summed E-state index contributed by atoms with van der Waals surface area (Å²) in [5.74, 6) is 0.628. The Morgan fingerprint density at radius 2 is 2.21 bits per heavy atom. The van der Waals surface area contributed by atoms with Gasteiger partial charge in [0.2, 0.25) is 0 Å². The molecule has 1 aliphatic heterocycles. The minimum Gasteiger partial charge on any atom is -0.337 e. The van der Waals surface area contributed by atoms with Gasteiger partial charge in [-0.15, -0.1) is 0 Å². The Balaban J connectivity index is 1.72. The highest BCUT2D eigenvalue weighted by Gasteiger charge is 2.36. The van der Waals surface area contributed by atoms with Crippen molar-refractivity contribution in [2.75, 3.05) is 13.1 Å². The lowest BCUT2D eigenvalue weighted by molar-refractivity contribution is 0.0527. The second kappa shape index (κ2) is 4.34. The van der Waals surface area contributed by atoms with E-state index in [2.05, 4.69) is 24.0 Å². The Hall–Kier alpha value is -1.36. The van der Waals surface area contributed by atoms with Crippen LogP contribution >= 0.6 is 0 Å². The smallest absolute Gasteiger partial charge is 0.274 e. The fourth-order valence-corrected chi connectivity index (χ4v) is 2.76. The molecule has 5 nitrogen and oxygen atoms in total. The predicted octanol–water partition coefficient (Wildman–Crippen LogP) is 1.49. The zero-order valence-electron chi connectivity index (χ0n) is 11.6. The third-order valence-corrected chi connectivity index (χ3v) is 4.43. The van der Waals surface area contributed by atoms with E-state index < -0.39 is 0 Å². The van der Waals surface area contributed by atoms with Crippen LogP contribution in [0.1, 0.15) is 55.2 Å². The number of hydrogen-bond donors (Lipinski definition) is 2. The molecule has 5 heteroatoms. The third kappa shape index (κ3) is 2.39. The van der Waals surface area contributed by atoms with E-state index in [9.17, 15) is 4.79 Å². The molecule has 1 aromatic heterocycles. The fraction of sp³-hybridized carbons (Fsp3) is 0.714. The van der Waals surface area contributed by atoms with Crippen LogP contribution < -0.4 is 5.73 Å². The van der Waals surface area contributed by atoms with Crippen molar-refractivity contribution in [3.63, 3.8) is 0 Å². The summed E-state index contributed by atoms with van der Waals surface area (Å²) in [4.78, 5) is 14.3. The van der Waals surface area contributed by atoms with Crippen molar-refractivity contribution in [1.29, 1.82) is 0 Å². The van der Waals surface area contributed by atoms with E-state index in [1.807, 2.05) is 11.0 Å². The Morgan fingerprint density at radius 1 is 1.47 bits per heavy atom. The van der Waals surface area contributed by atoms with Gasteiger partial charge in [0.15, 0.2) is 0 Å². The lowest BCUT2D eigenvalue weighted by Gasteiger charge is -2.42. The maximum Gasteiger partial charge on any atom is 0.274 e. The number of likely N-dealkylation sites (tertiary alicyclic amines) is 1. The standard InChI is InChI=1S/C14H22N4O/c1-14(2)8-18(6-5-12(14)15)13(19)11-7-10(16-17-11)9-3-4-9/h7,9,12H,3-6,8,15H2,1-2H3,(H,16,17). The lowest BCUT2D eigenvalue weighted by Crippen LogP contribution is -2.54. The fourth-order valence-electron chi connectivity index (χ4n) is 2.76. The van der Waals surface area contributed by atoms with E-state index in [0.717, 1.165) is 18.7 Å². The molecule has 0 bridgehead atoms. The molecule has 2 fully saturated rings. The molecule has 1 aromatic rings. The van der Waals surface area contributed by atoms with Crippen LogP contribution in [0.15, 0.2) is 6.07 Å². The number of piperidine rings is 1. The number of nitrogens with two attached hydrogens (primary N) is 1. The normalized spacial score (nSPS) is 26.5. The Labute approximate surface area is 113 Å². The third-order valence-electron chi connectivity index (χ3n) is 4.43. The Bertz CT molecular complexity index is 489. The van der Waals surface area contributed by atoms with Crippen molar-refractivity contribution in [2.45, 2.75) is 45.1 Å². The summed E-state index contributed by atoms with van der Waals surface area (Å²) in [5.41, 5.74) is 7.74. The van der Waals surface area contributed by atoms with Gasteiger partial charge in [0.1, 0.15) is 5.69 Å². The number of aromatic nitrogens is 2. The highest BCUT2D eigenvalue weighted by Crippen LogP contribution is 2.39. The van der Waals surface area contributed by atoms with Gasteiger partial charge in [-0.05, 0) is 30.7 Å². The van der Waals surface area contributed by atoms with Gasteiger partial charge in [0, 0.05) is 30.7 Å². The number of nitrogens with zero attached hydrogens (tertiary/aromatic N) is 2. The van der Waals surface area contributed by atoms with E-state index >= 15 is 0 Å². The molecule has 0 spiro atoms. The van der Waals surface area contributed by atoms with Gasteiger partial charge >= 0.3 is 0 Å². The van der Waals surface area contributed by atoms with Crippen molar-refractivity contribution >= 4 is 5.91 Å². The average Bonchev–Trinajstić information content (AvgIpc) is 3.10. The topological polar surface area (TPSA) is 75.0 Å². The first-order valence-electron chi connectivity index (χ1n) is 7.07. The SMILES string of the molecule is CC1(C)CN(C(=O)c2cc(C3CC3)[nH]n2)CCC1N. The zero-order chi connectivity index (χ0) is 13.6. The molecule has 2 aliphatic rings. The maximum absolute atomic E-state index is 12.5. The number of H-pyrrole nitrogens is 1. The zero-order valence-corrected chi connectivity index (χ0v) is 11.6. The van der Waals surface area contributed by atoms with Gasteiger partial charge in [0.05, 0.1) is 0 Å². The summed E-state index contributed by atoms with van der Waals surface area (Å²) in [6.07, 6.45) is 3.28. The molecule has 1 amide bonds. The minimum absolute atomic E-state index is 0.0243. The predicted molar refractivity (Wildman–Crippen MR) is 72.8 cm³/mol. The summed E-state index contributed by atoms with van der Waals surface area (Å²) >= 11 is 0. The molecule has 1 unspecified atom stereocenters. The highest BCUT2D eigenvalue weighted by atomic mass is 16.2. The van der Waals surface area contributed by atoms with Crippen LogP contribution in [0.25, 0.3) is 0 Å². The van der Waals surface area contributed by atoms with Crippen LogP contribution in [-0.2, 0) is 0 Å². The lowest BCUT2D eigenvalue weighted by atomic mass is 9.79. The molecule has 0 radical (unpaired) electrons. The number of nitrogens with one attached hydrogen (secondary N) is 1. The molecule has 104 valence electrons. The first-order chi connectivity index (χ1) is 8.97. The van der Waals surface area contributed by atoms with Crippen molar-refractivity contribution in [1.82, 2.24) is 15.1 Å². The van der Waals surface area contributed by atoms with Gasteiger partial charge in [0.25, 0.3) is 5.91 Å². The molecule has 19 heavy (non-hydrogen) atoms. The highest BCUT2D eigenvalue weighted by molar-refractivity contribution is 5.92. The summed E-state index contributed by atoms with van der Waals surface area (Å²) in [5, 5.41) is 7.17. The second-order valence-electron chi connectivity index (χ2n) is 6.59. The van der Waals surface area contributed by atoms with E-state index in [0.29, 0.717) is 18.2 Å². The van der Waals surface area contributed by atoms with Crippen LogP contribution in [-0.4, -0.2) is 40.1 Å². The molecule has 0 aromatic carbocycles.